The van der Waals surface area contributed by atoms with Crippen LogP contribution in [0.1, 0.15) is 10.4 Å². The van der Waals surface area contributed by atoms with Gasteiger partial charge in [0.2, 0.25) is 0 Å². The van der Waals surface area contributed by atoms with Crippen molar-refractivity contribution in [2.24, 2.45) is 0 Å². The summed E-state index contributed by atoms with van der Waals surface area (Å²) >= 11 is 6.13. The summed E-state index contributed by atoms with van der Waals surface area (Å²) in [6, 6.07) is 2.91. The molecule has 6 heteroatoms. The highest BCUT2D eigenvalue weighted by Gasteiger charge is 2.12. The van der Waals surface area contributed by atoms with Crippen molar-refractivity contribution in [3.8, 4) is 5.75 Å². The first-order valence-electron chi connectivity index (χ1n) is 2.93. The van der Waals surface area contributed by atoms with E-state index in [4.69, 9.17) is 5.11 Å². The topological polar surface area (TPSA) is 57.5 Å². The zero-order valence-electron chi connectivity index (χ0n) is 6.12. The maximum absolute atomic E-state index is 10.5. The molecule has 0 amide bonds. The van der Waals surface area contributed by atoms with Crippen LogP contribution >= 0.6 is 44.3 Å². The van der Waals surface area contributed by atoms with E-state index in [0.29, 0.717) is 8.95 Å². The Bertz CT molecular complexity index is 341. The lowest BCUT2D eigenvalue weighted by molar-refractivity contribution is 0.0693. The summed E-state index contributed by atoms with van der Waals surface area (Å²) in [5, 5.41) is 17.9. The van der Waals surface area contributed by atoms with Crippen molar-refractivity contribution in [2.75, 3.05) is 0 Å². The Balaban J connectivity index is 0.00000144. The molecular formula is C7H5Br2ClO3. The van der Waals surface area contributed by atoms with Gasteiger partial charge in [-0.25, -0.2) is 4.79 Å². The van der Waals surface area contributed by atoms with Crippen LogP contribution in [-0.4, -0.2) is 16.2 Å². The molecular weight excluding hydrogens is 327 g/mol. The third-order valence-corrected chi connectivity index (χ3v) is 2.32. The van der Waals surface area contributed by atoms with Gasteiger partial charge in [0.05, 0.1) is 4.47 Å². The summed E-state index contributed by atoms with van der Waals surface area (Å²) in [6.07, 6.45) is 0. The summed E-state index contributed by atoms with van der Waals surface area (Å²) < 4.78 is 0.957. The second-order valence-electron chi connectivity index (χ2n) is 2.09. The minimum atomic E-state index is -1.16. The zero-order chi connectivity index (χ0) is 9.30. The van der Waals surface area contributed by atoms with Gasteiger partial charge < -0.3 is 10.2 Å². The Labute approximate surface area is 97.4 Å². The first kappa shape index (κ1) is 12.7. The molecule has 0 fully saturated rings. The van der Waals surface area contributed by atoms with E-state index in [9.17, 15) is 9.90 Å². The molecule has 1 aromatic carbocycles. The number of carboxylic acid groups (broad SMARTS) is 1. The largest absolute Gasteiger partial charge is 0.506 e. The number of aromatic hydroxyl groups is 1. The number of hydrogen-bond donors (Lipinski definition) is 2. The Morgan fingerprint density at radius 3 is 2.31 bits per heavy atom. The number of hydrogen-bond acceptors (Lipinski definition) is 2. The molecule has 0 aromatic heterocycles. The van der Waals surface area contributed by atoms with E-state index in [1.807, 2.05) is 0 Å². The highest BCUT2D eigenvalue weighted by Crippen LogP contribution is 2.31. The van der Waals surface area contributed by atoms with Crippen LogP contribution in [0.2, 0.25) is 0 Å². The monoisotopic (exact) mass is 330 g/mol. The molecule has 0 saturated carbocycles. The standard InChI is InChI=1S/C7H4Br2O3.ClH/c8-3-1-4(7(11)12)6(10)5(9)2-3;/h1-2,10H,(H,11,12);1H. The molecule has 0 atom stereocenters. The number of halogens is 3. The number of aromatic carboxylic acids is 1. The predicted octanol–water partition coefficient (Wildman–Crippen LogP) is 3.04. The summed E-state index contributed by atoms with van der Waals surface area (Å²) in [4.78, 5) is 10.5. The average molecular weight is 332 g/mol. The third kappa shape index (κ3) is 2.86. The van der Waals surface area contributed by atoms with Crippen LogP contribution < -0.4 is 0 Å². The number of benzene rings is 1. The lowest BCUT2D eigenvalue weighted by Gasteiger charge is -2.02. The van der Waals surface area contributed by atoms with Gasteiger partial charge in [-0.2, -0.15) is 0 Å². The van der Waals surface area contributed by atoms with E-state index < -0.39 is 5.97 Å². The van der Waals surface area contributed by atoms with Gasteiger partial charge in [-0.1, -0.05) is 15.9 Å². The highest BCUT2D eigenvalue weighted by atomic mass is 79.9. The maximum Gasteiger partial charge on any atom is 0.339 e. The summed E-state index contributed by atoms with van der Waals surface area (Å²) in [6.45, 7) is 0. The van der Waals surface area contributed by atoms with Gasteiger partial charge in [0.25, 0.3) is 0 Å². The van der Waals surface area contributed by atoms with Gasteiger partial charge in [-0.3, -0.25) is 0 Å². The minimum absolute atomic E-state index is 0. The fourth-order valence-corrected chi connectivity index (χ4v) is 1.95. The Hall–Kier alpha value is -0.260. The number of carbonyl (C=O) groups is 1. The second-order valence-corrected chi connectivity index (χ2v) is 3.86. The van der Waals surface area contributed by atoms with Crippen LogP contribution in [0, 0.1) is 0 Å². The first-order valence-corrected chi connectivity index (χ1v) is 4.52. The molecule has 0 saturated heterocycles. The molecule has 0 bridgehead atoms. The SMILES string of the molecule is Cl.O=C(O)c1cc(Br)cc(Br)c1O. The molecule has 0 aliphatic carbocycles. The molecule has 0 aliphatic heterocycles. The van der Waals surface area contributed by atoms with Crippen LogP contribution in [0.5, 0.6) is 5.75 Å². The van der Waals surface area contributed by atoms with E-state index in [2.05, 4.69) is 31.9 Å². The van der Waals surface area contributed by atoms with Crippen molar-refractivity contribution in [3.05, 3.63) is 26.6 Å². The molecule has 0 spiro atoms. The van der Waals surface area contributed by atoms with Crippen LogP contribution in [-0.2, 0) is 0 Å². The van der Waals surface area contributed by atoms with Gasteiger partial charge in [0.15, 0.2) is 0 Å². The normalized spacial score (nSPS) is 9.08. The number of rotatable bonds is 1. The van der Waals surface area contributed by atoms with Crippen molar-refractivity contribution >= 4 is 50.2 Å². The lowest BCUT2D eigenvalue weighted by Crippen LogP contribution is -1.96. The van der Waals surface area contributed by atoms with E-state index in [1.165, 1.54) is 6.07 Å². The molecule has 3 nitrogen and oxygen atoms in total. The van der Waals surface area contributed by atoms with E-state index >= 15 is 0 Å². The molecule has 1 rings (SSSR count). The van der Waals surface area contributed by atoms with Gasteiger partial charge in [-0.15, -0.1) is 12.4 Å². The summed E-state index contributed by atoms with van der Waals surface area (Å²) in [5.41, 5.74) is -0.128. The second kappa shape index (κ2) is 4.83. The molecule has 13 heavy (non-hydrogen) atoms. The van der Waals surface area contributed by atoms with Crippen molar-refractivity contribution in [2.45, 2.75) is 0 Å². The van der Waals surface area contributed by atoms with Gasteiger partial charge in [0, 0.05) is 4.47 Å². The first-order chi connectivity index (χ1) is 5.52. The van der Waals surface area contributed by atoms with E-state index in [-0.39, 0.29) is 23.7 Å². The lowest BCUT2D eigenvalue weighted by atomic mass is 10.2. The zero-order valence-corrected chi connectivity index (χ0v) is 10.1. The summed E-state index contributed by atoms with van der Waals surface area (Å²) in [7, 11) is 0. The van der Waals surface area contributed by atoms with Crippen LogP contribution in [0.3, 0.4) is 0 Å². The van der Waals surface area contributed by atoms with E-state index in [0.717, 1.165) is 0 Å². The predicted molar refractivity (Wildman–Crippen MR) is 57.7 cm³/mol. The van der Waals surface area contributed by atoms with Crippen LogP contribution in [0.15, 0.2) is 21.1 Å². The minimum Gasteiger partial charge on any atom is -0.506 e. The number of phenols is 1. The maximum atomic E-state index is 10.5. The van der Waals surface area contributed by atoms with E-state index in [1.54, 1.807) is 6.07 Å². The Kier molecular flexibility index (Phi) is 4.74. The van der Waals surface area contributed by atoms with Crippen molar-refractivity contribution in [1.29, 1.82) is 0 Å². The van der Waals surface area contributed by atoms with Gasteiger partial charge >= 0.3 is 5.97 Å². The van der Waals surface area contributed by atoms with Crippen LogP contribution in [0.25, 0.3) is 0 Å². The fraction of sp³-hybridized carbons (Fsp3) is 0. The van der Waals surface area contributed by atoms with Gasteiger partial charge in [-0.05, 0) is 28.1 Å². The highest BCUT2D eigenvalue weighted by molar-refractivity contribution is 9.11. The molecule has 1 aromatic rings. The fourth-order valence-electron chi connectivity index (χ4n) is 0.729. The quantitative estimate of drug-likeness (QED) is 0.831. The van der Waals surface area contributed by atoms with Crippen LogP contribution in [0.4, 0.5) is 0 Å². The summed E-state index contributed by atoms with van der Waals surface area (Å²) in [5.74, 6) is -1.42. The molecule has 0 radical (unpaired) electrons. The van der Waals surface area contributed by atoms with Crippen molar-refractivity contribution in [3.63, 3.8) is 0 Å². The average Bonchev–Trinajstić information content (AvgIpc) is 1.96. The number of carboxylic acids is 1. The molecule has 0 unspecified atom stereocenters. The Morgan fingerprint density at radius 1 is 1.31 bits per heavy atom. The molecule has 2 N–H and O–H groups in total. The smallest absolute Gasteiger partial charge is 0.339 e. The molecule has 0 aliphatic rings. The third-order valence-electron chi connectivity index (χ3n) is 1.26. The van der Waals surface area contributed by atoms with Gasteiger partial charge in [0.1, 0.15) is 11.3 Å². The Morgan fingerprint density at radius 2 is 1.85 bits per heavy atom. The molecule has 0 heterocycles. The van der Waals surface area contributed by atoms with Crippen molar-refractivity contribution < 1.29 is 15.0 Å². The molecule has 72 valence electrons. The van der Waals surface area contributed by atoms with Crippen molar-refractivity contribution in [1.82, 2.24) is 0 Å².